The van der Waals surface area contributed by atoms with Crippen LogP contribution in [0.2, 0.25) is 0 Å². The Morgan fingerprint density at radius 3 is 2.62 bits per heavy atom. The molecule has 0 bridgehead atoms. The van der Waals surface area contributed by atoms with Crippen molar-refractivity contribution in [3.63, 3.8) is 0 Å². The van der Waals surface area contributed by atoms with Crippen molar-refractivity contribution in [2.24, 2.45) is 0 Å². The number of hydrogen-bond donors (Lipinski definition) is 0. The van der Waals surface area contributed by atoms with Gasteiger partial charge in [-0.1, -0.05) is 43.3 Å². The minimum absolute atomic E-state index is 0.0603. The largest absolute Gasteiger partial charge is 0.493 e. The van der Waals surface area contributed by atoms with Crippen LogP contribution in [0.5, 0.6) is 5.75 Å². The summed E-state index contributed by atoms with van der Waals surface area (Å²) in [7, 11) is 0. The normalized spacial score (nSPS) is 11.9. The van der Waals surface area contributed by atoms with E-state index in [9.17, 15) is 10.1 Å². The summed E-state index contributed by atoms with van der Waals surface area (Å²) in [6, 6.07) is 16.7. The highest BCUT2D eigenvalue weighted by Crippen LogP contribution is 2.22. The van der Waals surface area contributed by atoms with Gasteiger partial charge in [-0.15, -0.1) is 0 Å². The number of non-ortho nitro benzene ring substituents is 1. The molecule has 21 heavy (non-hydrogen) atoms. The number of ether oxygens (including phenoxy) is 1. The second kappa shape index (κ2) is 7.43. The van der Waals surface area contributed by atoms with Crippen molar-refractivity contribution in [3.05, 3.63) is 70.3 Å². The third kappa shape index (κ3) is 4.60. The molecule has 2 rings (SSSR count). The van der Waals surface area contributed by atoms with E-state index < -0.39 is 4.92 Å². The summed E-state index contributed by atoms with van der Waals surface area (Å²) < 4.78 is 5.58. The van der Waals surface area contributed by atoms with E-state index in [0.29, 0.717) is 18.3 Å². The summed E-state index contributed by atoms with van der Waals surface area (Å²) >= 11 is 0. The van der Waals surface area contributed by atoms with Crippen LogP contribution in [0.4, 0.5) is 5.69 Å². The first-order valence-corrected chi connectivity index (χ1v) is 7.09. The van der Waals surface area contributed by atoms with Gasteiger partial charge in [0.1, 0.15) is 5.75 Å². The second-order valence-electron chi connectivity index (χ2n) is 5.06. The summed E-state index contributed by atoms with van der Waals surface area (Å²) in [6.45, 7) is 2.76. The molecule has 0 aliphatic carbocycles. The maximum Gasteiger partial charge on any atom is 0.273 e. The molecule has 1 atom stereocenters. The van der Waals surface area contributed by atoms with Crippen LogP contribution in [0.15, 0.2) is 54.6 Å². The van der Waals surface area contributed by atoms with Crippen LogP contribution in [-0.2, 0) is 0 Å². The minimum Gasteiger partial charge on any atom is -0.493 e. The molecule has 0 heterocycles. The van der Waals surface area contributed by atoms with Gasteiger partial charge in [-0.05, 0) is 30.4 Å². The van der Waals surface area contributed by atoms with E-state index in [4.69, 9.17) is 4.74 Å². The molecule has 0 aromatic heterocycles. The van der Waals surface area contributed by atoms with Crippen molar-refractivity contribution in [1.82, 2.24) is 0 Å². The average molecular weight is 285 g/mol. The van der Waals surface area contributed by atoms with Crippen LogP contribution >= 0.6 is 0 Å². The zero-order valence-corrected chi connectivity index (χ0v) is 12.1. The fraction of sp³-hybridized carbons (Fsp3) is 0.294. The summed E-state index contributed by atoms with van der Waals surface area (Å²) in [6.07, 6.45) is 1.94. The Morgan fingerprint density at radius 1 is 1.14 bits per heavy atom. The molecular formula is C17H19NO3. The van der Waals surface area contributed by atoms with Crippen LogP contribution in [0.3, 0.4) is 0 Å². The Balaban J connectivity index is 1.77. The third-order valence-electron chi connectivity index (χ3n) is 3.45. The number of hydrogen-bond acceptors (Lipinski definition) is 3. The van der Waals surface area contributed by atoms with Crippen molar-refractivity contribution >= 4 is 5.69 Å². The molecule has 0 saturated heterocycles. The predicted octanol–water partition coefficient (Wildman–Crippen LogP) is 4.56. The number of nitrogens with zero attached hydrogens (tertiary/aromatic N) is 1. The number of nitro benzene ring substituents is 1. The van der Waals surface area contributed by atoms with E-state index in [1.807, 2.05) is 18.2 Å². The van der Waals surface area contributed by atoms with Gasteiger partial charge < -0.3 is 4.74 Å². The minimum atomic E-state index is -0.412. The lowest BCUT2D eigenvalue weighted by Crippen LogP contribution is -2.01. The highest BCUT2D eigenvalue weighted by Gasteiger charge is 2.07. The molecule has 0 N–H and O–H groups in total. The van der Waals surface area contributed by atoms with Crippen LogP contribution in [0.25, 0.3) is 0 Å². The van der Waals surface area contributed by atoms with Crippen molar-refractivity contribution in [2.75, 3.05) is 6.61 Å². The zero-order valence-electron chi connectivity index (χ0n) is 12.1. The van der Waals surface area contributed by atoms with E-state index in [2.05, 4.69) is 19.1 Å². The van der Waals surface area contributed by atoms with Gasteiger partial charge in [-0.25, -0.2) is 0 Å². The van der Waals surface area contributed by atoms with Gasteiger partial charge in [0.25, 0.3) is 5.69 Å². The monoisotopic (exact) mass is 285 g/mol. The molecule has 2 aromatic rings. The quantitative estimate of drug-likeness (QED) is 0.426. The maximum atomic E-state index is 10.7. The predicted molar refractivity (Wildman–Crippen MR) is 82.7 cm³/mol. The summed E-state index contributed by atoms with van der Waals surface area (Å²) in [5, 5.41) is 10.7. The molecule has 2 aromatic carbocycles. The molecule has 0 fully saturated rings. The van der Waals surface area contributed by atoms with Crippen LogP contribution < -0.4 is 4.74 Å². The molecule has 0 radical (unpaired) electrons. The number of nitro groups is 1. The lowest BCUT2D eigenvalue weighted by atomic mass is 9.97. The van der Waals surface area contributed by atoms with Crippen LogP contribution in [0.1, 0.15) is 31.2 Å². The molecule has 0 aliphatic heterocycles. The van der Waals surface area contributed by atoms with Crippen LogP contribution in [0, 0.1) is 10.1 Å². The maximum absolute atomic E-state index is 10.7. The summed E-state index contributed by atoms with van der Waals surface area (Å²) in [4.78, 5) is 10.3. The van der Waals surface area contributed by atoms with Crippen molar-refractivity contribution in [3.8, 4) is 5.75 Å². The third-order valence-corrected chi connectivity index (χ3v) is 3.45. The lowest BCUT2D eigenvalue weighted by molar-refractivity contribution is -0.384. The molecule has 4 heteroatoms. The smallest absolute Gasteiger partial charge is 0.273 e. The Bertz CT molecular complexity index is 584. The Morgan fingerprint density at radius 2 is 1.90 bits per heavy atom. The van der Waals surface area contributed by atoms with E-state index in [1.54, 1.807) is 12.1 Å². The van der Waals surface area contributed by atoms with Crippen molar-refractivity contribution in [2.45, 2.75) is 25.7 Å². The highest BCUT2D eigenvalue weighted by atomic mass is 16.6. The standard InChI is InChI=1S/C17H19NO3/c1-14(15-8-3-2-4-9-15)7-6-12-21-17-11-5-10-16(13-17)18(19)20/h2-5,8-11,13-14H,6-7,12H2,1H3. The fourth-order valence-electron chi connectivity index (χ4n) is 2.21. The van der Waals surface area contributed by atoms with E-state index in [0.717, 1.165) is 12.8 Å². The lowest BCUT2D eigenvalue weighted by Gasteiger charge is -2.12. The average Bonchev–Trinajstić information content (AvgIpc) is 2.52. The number of benzene rings is 2. The number of rotatable bonds is 7. The Labute approximate surface area is 124 Å². The van der Waals surface area contributed by atoms with Gasteiger partial charge in [0.05, 0.1) is 17.6 Å². The van der Waals surface area contributed by atoms with Crippen LogP contribution in [-0.4, -0.2) is 11.5 Å². The molecule has 1 unspecified atom stereocenters. The van der Waals surface area contributed by atoms with Gasteiger partial charge >= 0.3 is 0 Å². The van der Waals surface area contributed by atoms with Crippen molar-refractivity contribution in [1.29, 1.82) is 0 Å². The van der Waals surface area contributed by atoms with Gasteiger partial charge in [0.15, 0.2) is 0 Å². The summed E-state index contributed by atoms with van der Waals surface area (Å²) in [5.41, 5.74) is 1.39. The van der Waals surface area contributed by atoms with Gasteiger partial charge in [-0.2, -0.15) is 0 Å². The molecule has 0 saturated carbocycles. The summed E-state index contributed by atoms with van der Waals surface area (Å²) in [5.74, 6) is 1.04. The van der Waals surface area contributed by atoms with Crippen molar-refractivity contribution < 1.29 is 9.66 Å². The fourth-order valence-corrected chi connectivity index (χ4v) is 2.21. The zero-order chi connectivity index (χ0) is 15.1. The van der Waals surface area contributed by atoms with Gasteiger partial charge in [0.2, 0.25) is 0 Å². The topological polar surface area (TPSA) is 52.4 Å². The highest BCUT2D eigenvalue weighted by molar-refractivity contribution is 5.37. The Hall–Kier alpha value is -2.36. The first-order valence-electron chi connectivity index (χ1n) is 7.09. The molecular weight excluding hydrogens is 266 g/mol. The van der Waals surface area contributed by atoms with E-state index in [-0.39, 0.29) is 5.69 Å². The van der Waals surface area contributed by atoms with Gasteiger partial charge in [-0.3, -0.25) is 10.1 Å². The first kappa shape index (κ1) is 15.0. The van der Waals surface area contributed by atoms with E-state index >= 15 is 0 Å². The first-order chi connectivity index (χ1) is 10.2. The molecule has 4 nitrogen and oxygen atoms in total. The SMILES string of the molecule is CC(CCCOc1cccc([N+](=O)[O-])c1)c1ccccc1. The Kier molecular flexibility index (Phi) is 5.32. The molecule has 0 spiro atoms. The molecule has 0 amide bonds. The molecule has 0 aliphatic rings. The van der Waals surface area contributed by atoms with Gasteiger partial charge in [0, 0.05) is 6.07 Å². The molecule has 110 valence electrons. The van der Waals surface area contributed by atoms with E-state index in [1.165, 1.54) is 17.7 Å². The second-order valence-corrected chi connectivity index (χ2v) is 5.06.